The van der Waals surface area contributed by atoms with Gasteiger partial charge in [0.15, 0.2) is 0 Å². The van der Waals surface area contributed by atoms with Gasteiger partial charge in [0, 0.05) is 25.2 Å². The minimum atomic E-state index is 0.549. The number of hydrogen-bond acceptors (Lipinski definition) is 2. The predicted octanol–water partition coefficient (Wildman–Crippen LogP) is 3.67. The second-order valence-electron chi connectivity index (χ2n) is 7.37. The largest absolute Gasteiger partial charge is 0.319 e. The van der Waals surface area contributed by atoms with Crippen LogP contribution in [0.5, 0.6) is 0 Å². The summed E-state index contributed by atoms with van der Waals surface area (Å²) in [5.41, 5.74) is 0.549. The van der Waals surface area contributed by atoms with Crippen molar-refractivity contribution in [2.24, 2.45) is 11.3 Å². The van der Waals surface area contributed by atoms with Crippen LogP contribution < -0.4 is 5.32 Å². The summed E-state index contributed by atoms with van der Waals surface area (Å²) < 4.78 is 0. The molecule has 2 nitrogen and oxygen atoms in total. The standard InChI is InChI=1S/C17H34N2/c1-5-16-7-6-15(3)19(16)13-17(12-18-4)10-8-14(2)9-11-17/h14-16,18H,5-13H2,1-4H3. The summed E-state index contributed by atoms with van der Waals surface area (Å²) in [4.78, 5) is 2.84. The summed E-state index contributed by atoms with van der Waals surface area (Å²) >= 11 is 0. The van der Waals surface area contributed by atoms with Gasteiger partial charge in [-0.3, -0.25) is 4.90 Å². The van der Waals surface area contributed by atoms with E-state index < -0.39 is 0 Å². The lowest BCUT2D eigenvalue weighted by Gasteiger charge is -2.44. The SMILES string of the molecule is CCC1CCC(C)N1CC1(CNC)CCC(C)CC1. The zero-order chi connectivity index (χ0) is 13.9. The maximum atomic E-state index is 3.49. The zero-order valence-corrected chi connectivity index (χ0v) is 13.5. The van der Waals surface area contributed by atoms with Gasteiger partial charge in [0.1, 0.15) is 0 Å². The van der Waals surface area contributed by atoms with E-state index in [1.165, 1.54) is 58.0 Å². The lowest BCUT2D eigenvalue weighted by atomic mass is 9.70. The average molecular weight is 266 g/mol. The fraction of sp³-hybridized carbons (Fsp3) is 1.00. The van der Waals surface area contributed by atoms with Crippen molar-refractivity contribution >= 4 is 0 Å². The van der Waals surface area contributed by atoms with Crippen LogP contribution in [0.4, 0.5) is 0 Å². The molecule has 1 heterocycles. The molecule has 2 atom stereocenters. The molecule has 1 aliphatic carbocycles. The fourth-order valence-corrected chi connectivity index (χ4v) is 4.38. The first-order valence-corrected chi connectivity index (χ1v) is 8.50. The van der Waals surface area contributed by atoms with Gasteiger partial charge in [-0.15, -0.1) is 0 Å². The Morgan fingerprint density at radius 2 is 1.79 bits per heavy atom. The van der Waals surface area contributed by atoms with Gasteiger partial charge in [-0.2, -0.15) is 0 Å². The smallest absolute Gasteiger partial charge is 0.00962 e. The number of nitrogens with one attached hydrogen (secondary N) is 1. The molecule has 0 aromatic heterocycles. The highest BCUT2D eigenvalue weighted by Crippen LogP contribution is 2.41. The van der Waals surface area contributed by atoms with Crippen molar-refractivity contribution in [1.82, 2.24) is 10.2 Å². The van der Waals surface area contributed by atoms with Crippen molar-refractivity contribution in [3.63, 3.8) is 0 Å². The zero-order valence-electron chi connectivity index (χ0n) is 13.5. The van der Waals surface area contributed by atoms with Gasteiger partial charge < -0.3 is 5.32 Å². The first kappa shape index (κ1) is 15.3. The summed E-state index contributed by atoms with van der Waals surface area (Å²) in [6.07, 6.45) is 9.87. The van der Waals surface area contributed by atoms with Crippen molar-refractivity contribution in [2.75, 3.05) is 20.1 Å². The molecule has 0 aromatic rings. The molecule has 0 bridgehead atoms. The molecular weight excluding hydrogens is 232 g/mol. The van der Waals surface area contributed by atoms with Crippen LogP contribution in [0, 0.1) is 11.3 Å². The van der Waals surface area contributed by atoms with E-state index in [1.54, 1.807) is 0 Å². The van der Waals surface area contributed by atoms with Crippen LogP contribution in [0.25, 0.3) is 0 Å². The molecule has 1 saturated heterocycles. The number of hydrogen-bond donors (Lipinski definition) is 1. The number of likely N-dealkylation sites (tertiary alicyclic amines) is 1. The quantitative estimate of drug-likeness (QED) is 0.817. The lowest BCUT2D eigenvalue weighted by Crippen LogP contribution is -2.48. The van der Waals surface area contributed by atoms with E-state index in [2.05, 4.69) is 38.0 Å². The third-order valence-electron chi connectivity index (χ3n) is 5.83. The maximum absolute atomic E-state index is 3.49. The van der Waals surface area contributed by atoms with Crippen molar-refractivity contribution in [3.8, 4) is 0 Å². The highest BCUT2D eigenvalue weighted by molar-refractivity contribution is 4.94. The van der Waals surface area contributed by atoms with Crippen LogP contribution in [0.2, 0.25) is 0 Å². The second-order valence-corrected chi connectivity index (χ2v) is 7.37. The molecule has 2 fully saturated rings. The molecule has 2 unspecified atom stereocenters. The molecule has 0 amide bonds. The van der Waals surface area contributed by atoms with Gasteiger partial charge in [-0.25, -0.2) is 0 Å². The predicted molar refractivity (Wildman–Crippen MR) is 83.5 cm³/mol. The molecule has 0 radical (unpaired) electrons. The monoisotopic (exact) mass is 266 g/mol. The van der Waals surface area contributed by atoms with Gasteiger partial charge in [0.05, 0.1) is 0 Å². The highest BCUT2D eigenvalue weighted by Gasteiger charge is 2.39. The topological polar surface area (TPSA) is 15.3 Å². The second kappa shape index (κ2) is 6.58. The summed E-state index contributed by atoms with van der Waals surface area (Å²) in [6, 6.07) is 1.65. The first-order valence-electron chi connectivity index (χ1n) is 8.50. The molecule has 2 heteroatoms. The minimum absolute atomic E-state index is 0.549. The first-order chi connectivity index (χ1) is 9.10. The minimum Gasteiger partial charge on any atom is -0.319 e. The summed E-state index contributed by atoms with van der Waals surface area (Å²) in [7, 11) is 2.13. The Bertz CT molecular complexity index is 268. The summed E-state index contributed by atoms with van der Waals surface area (Å²) in [5, 5.41) is 3.49. The van der Waals surface area contributed by atoms with Crippen LogP contribution in [-0.4, -0.2) is 37.1 Å². The summed E-state index contributed by atoms with van der Waals surface area (Å²) in [6.45, 7) is 9.77. The normalized spacial score (nSPS) is 40.7. The van der Waals surface area contributed by atoms with Crippen molar-refractivity contribution in [2.45, 2.75) is 77.8 Å². The molecular formula is C17H34N2. The molecule has 1 N–H and O–H groups in total. The number of rotatable bonds is 5. The van der Waals surface area contributed by atoms with E-state index in [0.717, 1.165) is 18.0 Å². The molecule has 1 saturated carbocycles. The van der Waals surface area contributed by atoms with Gasteiger partial charge in [0.2, 0.25) is 0 Å². The molecule has 19 heavy (non-hydrogen) atoms. The molecule has 112 valence electrons. The van der Waals surface area contributed by atoms with Crippen LogP contribution >= 0.6 is 0 Å². The number of nitrogens with zero attached hydrogens (tertiary/aromatic N) is 1. The fourth-order valence-electron chi connectivity index (χ4n) is 4.38. The van der Waals surface area contributed by atoms with E-state index in [-0.39, 0.29) is 0 Å². The molecule has 1 aliphatic heterocycles. The van der Waals surface area contributed by atoms with Crippen molar-refractivity contribution in [3.05, 3.63) is 0 Å². The molecule has 0 aromatic carbocycles. The van der Waals surface area contributed by atoms with Gasteiger partial charge in [-0.05, 0) is 57.4 Å². The molecule has 2 aliphatic rings. The average Bonchev–Trinajstić information content (AvgIpc) is 2.75. The van der Waals surface area contributed by atoms with E-state index in [1.807, 2.05) is 0 Å². The van der Waals surface area contributed by atoms with Crippen molar-refractivity contribution in [1.29, 1.82) is 0 Å². The summed E-state index contributed by atoms with van der Waals surface area (Å²) in [5.74, 6) is 0.947. The Balaban J connectivity index is 2.03. The molecule has 2 rings (SSSR count). The van der Waals surface area contributed by atoms with Crippen LogP contribution in [0.1, 0.15) is 65.7 Å². The van der Waals surface area contributed by atoms with E-state index in [4.69, 9.17) is 0 Å². The van der Waals surface area contributed by atoms with Gasteiger partial charge in [0.25, 0.3) is 0 Å². The van der Waals surface area contributed by atoms with E-state index >= 15 is 0 Å². The van der Waals surface area contributed by atoms with Crippen LogP contribution in [-0.2, 0) is 0 Å². The van der Waals surface area contributed by atoms with E-state index in [0.29, 0.717) is 5.41 Å². The van der Waals surface area contributed by atoms with Crippen LogP contribution in [0.15, 0.2) is 0 Å². The van der Waals surface area contributed by atoms with Crippen LogP contribution in [0.3, 0.4) is 0 Å². The Morgan fingerprint density at radius 3 is 2.37 bits per heavy atom. The maximum Gasteiger partial charge on any atom is 0.00962 e. The Kier molecular flexibility index (Phi) is 5.30. The third kappa shape index (κ3) is 3.52. The Hall–Kier alpha value is -0.0800. The third-order valence-corrected chi connectivity index (χ3v) is 5.83. The lowest BCUT2D eigenvalue weighted by molar-refractivity contribution is 0.0632. The van der Waals surface area contributed by atoms with Gasteiger partial charge in [-0.1, -0.05) is 26.7 Å². The Morgan fingerprint density at radius 1 is 1.11 bits per heavy atom. The highest BCUT2D eigenvalue weighted by atomic mass is 15.2. The molecule has 0 spiro atoms. The Labute approximate surface area is 120 Å². The van der Waals surface area contributed by atoms with Crippen molar-refractivity contribution < 1.29 is 0 Å². The van der Waals surface area contributed by atoms with Gasteiger partial charge >= 0.3 is 0 Å². The van der Waals surface area contributed by atoms with E-state index in [9.17, 15) is 0 Å².